The number of carbonyl (C=O) groups is 2. The molecule has 0 aliphatic heterocycles. The predicted molar refractivity (Wildman–Crippen MR) is 131 cm³/mol. The van der Waals surface area contributed by atoms with E-state index in [1.807, 2.05) is 0 Å². The Morgan fingerprint density at radius 1 is 1.12 bits per heavy atom. The molecule has 0 saturated heterocycles. The summed E-state index contributed by atoms with van der Waals surface area (Å²) in [6.45, 7) is 0. The predicted octanol–water partition coefficient (Wildman–Crippen LogP) is 6.13. The van der Waals surface area contributed by atoms with E-state index in [0.717, 1.165) is 43.6 Å². The fourth-order valence-electron chi connectivity index (χ4n) is 4.12. The number of aromatic hydroxyl groups is 1. The summed E-state index contributed by atoms with van der Waals surface area (Å²) >= 11 is 13.1. The van der Waals surface area contributed by atoms with E-state index in [9.17, 15) is 19.1 Å². The molecule has 1 heterocycles. The van der Waals surface area contributed by atoms with Crippen LogP contribution in [0.5, 0.6) is 5.75 Å². The zero-order valence-electron chi connectivity index (χ0n) is 18.0. The maximum absolute atomic E-state index is 14.2. The van der Waals surface area contributed by atoms with Gasteiger partial charge in [0, 0.05) is 11.7 Å². The normalized spacial score (nSPS) is 15.0. The van der Waals surface area contributed by atoms with E-state index in [1.165, 1.54) is 41.3 Å². The Labute approximate surface area is 210 Å². The SMILES string of the molecule is O=C(NC1CCCCC1)[C@H](c1ccc(O)cc1)N(C(=O)c1nsc(Cl)c1Cl)c1cccc(F)c1. The number of nitrogens with zero attached hydrogens (tertiary/aromatic N) is 2. The molecule has 0 bridgehead atoms. The average molecular weight is 522 g/mol. The third-order valence-corrected chi connectivity index (χ3v) is 7.38. The standard InChI is InChI=1S/C24H22Cl2FN3O3S/c25-19-20(29-34-22(19)26)24(33)30(17-8-4-5-15(27)13-17)21(14-9-11-18(31)12-10-14)23(32)28-16-6-2-1-3-7-16/h4-5,8-13,16,21,31H,1-3,6-7H2,(H,28,32)/t21-/m0/s1. The number of benzene rings is 2. The molecule has 1 aromatic heterocycles. The van der Waals surface area contributed by atoms with Crippen molar-refractivity contribution in [2.75, 3.05) is 4.90 Å². The lowest BCUT2D eigenvalue weighted by molar-refractivity contribution is -0.123. The second-order valence-electron chi connectivity index (χ2n) is 8.11. The number of rotatable bonds is 6. The molecule has 10 heteroatoms. The van der Waals surface area contributed by atoms with Gasteiger partial charge < -0.3 is 10.4 Å². The van der Waals surface area contributed by atoms with Gasteiger partial charge in [-0.05, 0) is 60.3 Å². The van der Waals surface area contributed by atoms with E-state index in [4.69, 9.17) is 23.2 Å². The van der Waals surface area contributed by atoms with Crippen molar-refractivity contribution in [3.05, 3.63) is 75.0 Å². The van der Waals surface area contributed by atoms with Crippen LogP contribution in [0.25, 0.3) is 0 Å². The van der Waals surface area contributed by atoms with E-state index in [-0.39, 0.29) is 32.5 Å². The van der Waals surface area contributed by atoms with Crippen LogP contribution in [-0.2, 0) is 4.79 Å². The van der Waals surface area contributed by atoms with Gasteiger partial charge in [0.2, 0.25) is 5.91 Å². The highest BCUT2D eigenvalue weighted by molar-refractivity contribution is 7.11. The number of halogens is 3. The number of anilines is 1. The topological polar surface area (TPSA) is 82.5 Å². The summed E-state index contributed by atoms with van der Waals surface area (Å²) in [4.78, 5) is 28.6. The maximum Gasteiger partial charge on any atom is 0.280 e. The van der Waals surface area contributed by atoms with Gasteiger partial charge in [0.15, 0.2) is 5.69 Å². The van der Waals surface area contributed by atoms with Crippen LogP contribution in [0.1, 0.15) is 54.2 Å². The number of hydrogen-bond acceptors (Lipinski definition) is 5. The summed E-state index contributed by atoms with van der Waals surface area (Å²) in [6, 6.07) is 10.2. The molecule has 0 spiro atoms. The van der Waals surface area contributed by atoms with Crippen LogP contribution in [0.15, 0.2) is 48.5 Å². The van der Waals surface area contributed by atoms with Gasteiger partial charge in [-0.15, -0.1) is 0 Å². The molecular formula is C24H22Cl2FN3O3S. The van der Waals surface area contributed by atoms with Crippen molar-refractivity contribution in [3.8, 4) is 5.75 Å². The molecule has 178 valence electrons. The van der Waals surface area contributed by atoms with Crippen molar-refractivity contribution in [2.45, 2.75) is 44.2 Å². The number of amides is 2. The Morgan fingerprint density at radius 2 is 1.82 bits per heavy atom. The fourth-order valence-corrected chi connectivity index (χ4v) is 5.10. The first kappa shape index (κ1) is 24.4. The summed E-state index contributed by atoms with van der Waals surface area (Å²) in [5.41, 5.74) is 0.457. The van der Waals surface area contributed by atoms with Crippen molar-refractivity contribution < 1.29 is 19.1 Å². The molecule has 2 amide bonds. The zero-order valence-corrected chi connectivity index (χ0v) is 20.3. The fraction of sp³-hybridized carbons (Fsp3) is 0.292. The third-order valence-electron chi connectivity index (χ3n) is 5.77. The minimum atomic E-state index is -1.17. The Balaban J connectivity index is 1.82. The first-order valence-electron chi connectivity index (χ1n) is 10.8. The largest absolute Gasteiger partial charge is 0.508 e. The smallest absolute Gasteiger partial charge is 0.280 e. The molecule has 1 aliphatic carbocycles. The molecule has 1 saturated carbocycles. The summed E-state index contributed by atoms with van der Waals surface area (Å²) in [7, 11) is 0. The summed E-state index contributed by atoms with van der Waals surface area (Å²) < 4.78 is 18.4. The quantitative estimate of drug-likeness (QED) is 0.408. The minimum Gasteiger partial charge on any atom is -0.508 e. The molecule has 2 N–H and O–H groups in total. The highest BCUT2D eigenvalue weighted by atomic mass is 35.5. The van der Waals surface area contributed by atoms with Gasteiger partial charge in [0.05, 0.1) is 0 Å². The first-order valence-corrected chi connectivity index (χ1v) is 12.4. The van der Waals surface area contributed by atoms with Gasteiger partial charge >= 0.3 is 0 Å². The summed E-state index contributed by atoms with van der Waals surface area (Å²) in [5, 5.41) is 12.8. The van der Waals surface area contributed by atoms with E-state index in [0.29, 0.717) is 5.56 Å². The van der Waals surface area contributed by atoms with Crippen molar-refractivity contribution in [1.82, 2.24) is 9.69 Å². The van der Waals surface area contributed by atoms with Crippen LogP contribution in [0.4, 0.5) is 10.1 Å². The Hall–Kier alpha value is -2.68. The Kier molecular flexibility index (Phi) is 7.70. The Bertz CT molecular complexity index is 1180. The molecule has 0 unspecified atom stereocenters. The van der Waals surface area contributed by atoms with Gasteiger partial charge in [0.1, 0.15) is 27.0 Å². The zero-order chi connectivity index (χ0) is 24.2. The maximum atomic E-state index is 14.2. The lowest BCUT2D eigenvalue weighted by Crippen LogP contribution is -2.47. The molecule has 1 atom stereocenters. The number of phenols is 1. The molecule has 2 aromatic carbocycles. The summed E-state index contributed by atoms with van der Waals surface area (Å²) in [6.07, 6.45) is 4.82. The highest BCUT2D eigenvalue weighted by Crippen LogP contribution is 2.35. The van der Waals surface area contributed by atoms with Crippen LogP contribution in [0.3, 0.4) is 0 Å². The van der Waals surface area contributed by atoms with Gasteiger partial charge in [-0.25, -0.2) is 4.39 Å². The number of hydrogen-bond donors (Lipinski definition) is 2. The van der Waals surface area contributed by atoms with E-state index < -0.39 is 23.7 Å². The van der Waals surface area contributed by atoms with Gasteiger partial charge in [0.25, 0.3) is 5.91 Å². The van der Waals surface area contributed by atoms with Crippen LogP contribution >= 0.6 is 34.7 Å². The molecule has 1 fully saturated rings. The number of phenolic OH excluding ortho intramolecular Hbond substituents is 1. The van der Waals surface area contributed by atoms with Gasteiger partial charge in [-0.2, -0.15) is 4.37 Å². The van der Waals surface area contributed by atoms with Gasteiger partial charge in [-0.3, -0.25) is 14.5 Å². The summed E-state index contributed by atoms with van der Waals surface area (Å²) in [5.74, 6) is -1.69. The van der Waals surface area contributed by atoms with Crippen LogP contribution < -0.4 is 10.2 Å². The van der Waals surface area contributed by atoms with Crippen molar-refractivity contribution in [3.63, 3.8) is 0 Å². The van der Waals surface area contributed by atoms with E-state index >= 15 is 0 Å². The molecule has 3 aromatic rings. The second kappa shape index (κ2) is 10.7. The average Bonchev–Trinajstić information content (AvgIpc) is 3.16. The monoisotopic (exact) mass is 521 g/mol. The number of aromatic nitrogens is 1. The van der Waals surface area contributed by atoms with Crippen LogP contribution in [0, 0.1) is 5.82 Å². The van der Waals surface area contributed by atoms with Crippen molar-refractivity contribution in [1.29, 1.82) is 0 Å². The molecule has 4 rings (SSSR count). The molecular weight excluding hydrogens is 500 g/mol. The minimum absolute atomic E-state index is 0.00754. The molecule has 34 heavy (non-hydrogen) atoms. The molecule has 6 nitrogen and oxygen atoms in total. The van der Waals surface area contributed by atoms with Crippen molar-refractivity contribution >= 4 is 52.2 Å². The molecule has 0 radical (unpaired) electrons. The highest BCUT2D eigenvalue weighted by Gasteiger charge is 2.36. The number of carbonyl (C=O) groups excluding carboxylic acids is 2. The first-order chi connectivity index (χ1) is 16.3. The van der Waals surface area contributed by atoms with Crippen LogP contribution in [-0.4, -0.2) is 27.3 Å². The van der Waals surface area contributed by atoms with Gasteiger partial charge in [-0.1, -0.05) is 60.7 Å². The van der Waals surface area contributed by atoms with E-state index in [2.05, 4.69) is 9.69 Å². The van der Waals surface area contributed by atoms with Crippen molar-refractivity contribution in [2.24, 2.45) is 0 Å². The second-order valence-corrected chi connectivity index (χ2v) is 9.86. The number of nitrogens with one attached hydrogen (secondary N) is 1. The lowest BCUT2D eigenvalue weighted by Gasteiger charge is -2.33. The molecule has 1 aliphatic rings. The van der Waals surface area contributed by atoms with Crippen LogP contribution in [0.2, 0.25) is 9.36 Å². The van der Waals surface area contributed by atoms with E-state index in [1.54, 1.807) is 12.1 Å². The Morgan fingerprint density at radius 3 is 2.44 bits per heavy atom. The third kappa shape index (κ3) is 5.35. The lowest BCUT2D eigenvalue weighted by atomic mass is 9.94.